The van der Waals surface area contributed by atoms with Gasteiger partial charge in [0, 0.05) is 18.7 Å². The van der Waals surface area contributed by atoms with Crippen LogP contribution >= 0.6 is 23.4 Å². The maximum Gasteiger partial charge on any atom is 0.344 e. The van der Waals surface area contributed by atoms with Gasteiger partial charge < -0.3 is 4.74 Å². The molecule has 0 aromatic carbocycles. The first-order valence-corrected chi connectivity index (χ1v) is 7.66. The Morgan fingerprint density at radius 1 is 1.48 bits per heavy atom. The third kappa shape index (κ3) is 4.05. The van der Waals surface area contributed by atoms with Gasteiger partial charge in [0.05, 0.1) is 0 Å². The second-order valence-electron chi connectivity index (χ2n) is 4.46. The summed E-state index contributed by atoms with van der Waals surface area (Å²) in [6.45, 7) is 6.58. The minimum atomic E-state index is -0.248. The number of halogens is 1. The van der Waals surface area contributed by atoms with Gasteiger partial charge in [-0.05, 0) is 32.5 Å². The normalized spacial score (nSPS) is 11.3. The number of ether oxygens (including phenoxy) is 1. The third-order valence-corrected chi connectivity index (χ3v) is 3.62. The van der Waals surface area contributed by atoms with Crippen molar-refractivity contribution in [1.29, 1.82) is 0 Å². The molecule has 21 heavy (non-hydrogen) atoms. The molecule has 0 aliphatic rings. The molecule has 0 aliphatic carbocycles. The van der Waals surface area contributed by atoms with E-state index in [1.807, 2.05) is 20.8 Å². The Bertz CT molecular complexity index is 670. The molecule has 9 heteroatoms. The molecule has 2 aromatic heterocycles. The number of H-pyrrole nitrogens is 1. The highest BCUT2D eigenvalue weighted by Crippen LogP contribution is 2.26. The molecule has 0 aliphatic heterocycles. The summed E-state index contributed by atoms with van der Waals surface area (Å²) in [6, 6.07) is 1.63. The lowest BCUT2D eigenvalue weighted by Gasteiger charge is -2.08. The van der Waals surface area contributed by atoms with Crippen LogP contribution in [0.25, 0.3) is 0 Å². The summed E-state index contributed by atoms with van der Waals surface area (Å²) >= 11 is 7.24. The van der Waals surface area contributed by atoms with E-state index in [4.69, 9.17) is 16.3 Å². The van der Waals surface area contributed by atoms with Gasteiger partial charge in [0.15, 0.2) is 11.0 Å². The number of nitrogens with zero attached hydrogens (tertiary/aromatic N) is 4. The summed E-state index contributed by atoms with van der Waals surface area (Å²) in [6.07, 6.45) is 0. The van der Waals surface area contributed by atoms with Gasteiger partial charge in [0.25, 0.3) is 0 Å². The average Bonchev–Trinajstić information content (AvgIpc) is 2.76. The monoisotopic (exact) mass is 329 g/mol. The summed E-state index contributed by atoms with van der Waals surface area (Å²) in [4.78, 5) is 20.1. The van der Waals surface area contributed by atoms with E-state index in [2.05, 4.69) is 20.2 Å². The highest BCUT2D eigenvalue weighted by Gasteiger charge is 2.14. The lowest BCUT2D eigenvalue weighted by Crippen LogP contribution is -2.19. The molecule has 0 saturated carbocycles. The van der Waals surface area contributed by atoms with Crippen LogP contribution in [0.5, 0.6) is 0 Å². The zero-order chi connectivity index (χ0) is 15.4. The predicted octanol–water partition coefficient (Wildman–Crippen LogP) is 2.28. The fourth-order valence-electron chi connectivity index (χ4n) is 1.66. The zero-order valence-corrected chi connectivity index (χ0v) is 13.5. The minimum absolute atomic E-state index is 0.000968. The van der Waals surface area contributed by atoms with Crippen LogP contribution in [0.3, 0.4) is 0 Å². The van der Waals surface area contributed by atoms with Gasteiger partial charge >= 0.3 is 5.69 Å². The number of nitrogens with one attached hydrogen (secondary N) is 1. The standard InChI is InChI=1S/C12H16ClN5O2S/c1-4-20-6-9-14-8(13)5-10(15-9)21-12-17-16-11(19)18(12)7(2)3/h5,7H,4,6H2,1-3H3,(H,16,19). The van der Waals surface area contributed by atoms with Crippen molar-refractivity contribution in [2.24, 2.45) is 0 Å². The van der Waals surface area contributed by atoms with Crippen molar-refractivity contribution >= 4 is 23.4 Å². The van der Waals surface area contributed by atoms with Crippen LogP contribution in [-0.4, -0.2) is 31.3 Å². The van der Waals surface area contributed by atoms with Crippen LogP contribution in [0.1, 0.15) is 32.6 Å². The van der Waals surface area contributed by atoms with E-state index in [1.54, 1.807) is 10.6 Å². The highest BCUT2D eigenvalue weighted by atomic mass is 35.5. The molecule has 0 fully saturated rings. The SMILES string of the molecule is CCOCc1nc(Cl)cc(Sc2n[nH]c(=O)n2C(C)C)n1. The molecule has 0 unspecified atom stereocenters. The fourth-order valence-corrected chi connectivity index (χ4v) is 2.92. The van der Waals surface area contributed by atoms with Crippen LogP contribution in [-0.2, 0) is 11.3 Å². The second-order valence-corrected chi connectivity index (χ2v) is 5.83. The van der Waals surface area contributed by atoms with Crippen LogP contribution < -0.4 is 5.69 Å². The Hall–Kier alpha value is -1.38. The van der Waals surface area contributed by atoms with Crippen molar-refractivity contribution in [3.8, 4) is 0 Å². The third-order valence-electron chi connectivity index (χ3n) is 2.54. The first kappa shape index (κ1) is 16.0. The lowest BCUT2D eigenvalue weighted by atomic mass is 10.4. The summed E-state index contributed by atoms with van der Waals surface area (Å²) < 4.78 is 6.83. The molecule has 2 heterocycles. The largest absolute Gasteiger partial charge is 0.374 e. The summed E-state index contributed by atoms with van der Waals surface area (Å²) in [5.41, 5.74) is -0.248. The van der Waals surface area contributed by atoms with Gasteiger partial charge in [-0.1, -0.05) is 11.6 Å². The first-order chi connectivity index (χ1) is 10.0. The van der Waals surface area contributed by atoms with E-state index in [0.717, 1.165) is 0 Å². The van der Waals surface area contributed by atoms with Gasteiger partial charge in [0.1, 0.15) is 16.8 Å². The quantitative estimate of drug-likeness (QED) is 0.818. The first-order valence-electron chi connectivity index (χ1n) is 6.47. The Kier molecular flexibility index (Phi) is 5.38. The molecule has 1 N–H and O–H groups in total. The molecule has 0 saturated heterocycles. The van der Waals surface area contributed by atoms with Crippen molar-refractivity contribution in [2.45, 2.75) is 43.6 Å². The number of hydrogen-bond acceptors (Lipinski definition) is 6. The molecular weight excluding hydrogens is 314 g/mol. The van der Waals surface area contributed by atoms with Crippen molar-refractivity contribution in [3.05, 3.63) is 27.5 Å². The smallest absolute Gasteiger partial charge is 0.344 e. The van der Waals surface area contributed by atoms with E-state index in [-0.39, 0.29) is 11.7 Å². The molecule has 0 spiro atoms. The van der Waals surface area contributed by atoms with E-state index in [9.17, 15) is 4.79 Å². The summed E-state index contributed by atoms with van der Waals surface area (Å²) in [5.74, 6) is 0.501. The molecule has 2 aromatic rings. The Morgan fingerprint density at radius 3 is 2.90 bits per heavy atom. The van der Waals surface area contributed by atoms with Gasteiger partial charge in [-0.2, -0.15) is 0 Å². The van der Waals surface area contributed by atoms with E-state index in [1.165, 1.54) is 11.8 Å². The van der Waals surface area contributed by atoms with Gasteiger partial charge in [0.2, 0.25) is 0 Å². The fraction of sp³-hybridized carbons (Fsp3) is 0.500. The maximum atomic E-state index is 11.7. The molecule has 114 valence electrons. The van der Waals surface area contributed by atoms with Crippen molar-refractivity contribution in [2.75, 3.05) is 6.61 Å². The summed E-state index contributed by atoms with van der Waals surface area (Å²) in [7, 11) is 0. The Balaban J connectivity index is 2.27. The van der Waals surface area contributed by atoms with E-state index >= 15 is 0 Å². The van der Waals surface area contributed by atoms with E-state index in [0.29, 0.717) is 34.4 Å². The molecule has 7 nitrogen and oxygen atoms in total. The molecular formula is C12H16ClN5O2S. The number of aromatic amines is 1. The van der Waals surface area contributed by atoms with Crippen LogP contribution in [0.4, 0.5) is 0 Å². The van der Waals surface area contributed by atoms with E-state index < -0.39 is 0 Å². The lowest BCUT2D eigenvalue weighted by molar-refractivity contribution is 0.128. The van der Waals surface area contributed by atoms with Crippen molar-refractivity contribution < 1.29 is 4.74 Å². The zero-order valence-electron chi connectivity index (χ0n) is 12.0. The Labute approximate surface area is 131 Å². The Morgan fingerprint density at radius 2 is 2.24 bits per heavy atom. The molecule has 0 bridgehead atoms. The number of rotatable bonds is 6. The van der Waals surface area contributed by atoms with Crippen LogP contribution in [0.15, 0.2) is 21.0 Å². The van der Waals surface area contributed by atoms with Crippen LogP contribution in [0, 0.1) is 0 Å². The number of aromatic nitrogens is 5. The van der Waals surface area contributed by atoms with Gasteiger partial charge in [-0.3, -0.25) is 4.57 Å². The topological polar surface area (TPSA) is 85.7 Å². The van der Waals surface area contributed by atoms with Gasteiger partial charge in [-0.15, -0.1) is 5.10 Å². The molecule has 0 radical (unpaired) electrons. The molecule has 0 amide bonds. The maximum absolute atomic E-state index is 11.7. The predicted molar refractivity (Wildman–Crippen MR) is 79.7 cm³/mol. The average molecular weight is 330 g/mol. The molecule has 2 rings (SSSR count). The minimum Gasteiger partial charge on any atom is -0.374 e. The highest BCUT2D eigenvalue weighted by molar-refractivity contribution is 7.99. The second kappa shape index (κ2) is 7.06. The molecule has 0 atom stereocenters. The van der Waals surface area contributed by atoms with Crippen molar-refractivity contribution in [3.63, 3.8) is 0 Å². The summed E-state index contributed by atoms with van der Waals surface area (Å²) in [5, 5.41) is 7.93. The van der Waals surface area contributed by atoms with Crippen molar-refractivity contribution in [1.82, 2.24) is 24.7 Å². The van der Waals surface area contributed by atoms with Crippen LogP contribution in [0.2, 0.25) is 5.15 Å². The number of hydrogen-bond donors (Lipinski definition) is 1. The van der Waals surface area contributed by atoms with Gasteiger partial charge in [-0.25, -0.2) is 19.9 Å².